The van der Waals surface area contributed by atoms with Crippen LogP contribution in [0.1, 0.15) is 11.3 Å². The second-order valence-corrected chi connectivity index (χ2v) is 5.74. The number of nitrogens with zero attached hydrogens (tertiary/aromatic N) is 1. The Hall–Kier alpha value is -0.910. The van der Waals surface area contributed by atoms with E-state index in [2.05, 4.69) is 4.98 Å². The quantitative estimate of drug-likeness (QED) is 0.925. The Morgan fingerprint density at radius 1 is 1.47 bits per heavy atom. The largest absolute Gasteiger partial charge is 0.330 e. The molecule has 1 aromatic heterocycles. The molecule has 0 unspecified atom stereocenters. The van der Waals surface area contributed by atoms with Gasteiger partial charge in [0, 0.05) is 11.1 Å². The van der Waals surface area contributed by atoms with E-state index in [1.54, 1.807) is 6.07 Å². The van der Waals surface area contributed by atoms with Gasteiger partial charge in [0.2, 0.25) is 0 Å². The number of halogens is 1. The molecule has 5 heteroatoms. The van der Waals surface area contributed by atoms with Gasteiger partial charge in [-0.05, 0) is 31.5 Å². The highest BCUT2D eigenvalue weighted by Gasteiger charge is 2.11. The van der Waals surface area contributed by atoms with Crippen LogP contribution in [0.15, 0.2) is 32.8 Å². The topological polar surface area (TPSA) is 38.9 Å². The molecule has 0 saturated carbocycles. The molecule has 0 fully saturated rings. The number of hydrogen-bond donors (Lipinski definition) is 1. The van der Waals surface area contributed by atoms with E-state index >= 15 is 0 Å². The van der Waals surface area contributed by atoms with Crippen molar-refractivity contribution in [2.24, 2.45) is 5.73 Å². The van der Waals surface area contributed by atoms with Crippen molar-refractivity contribution in [3.05, 3.63) is 40.7 Å². The van der Waals surface area contributed by atoms with Crippen molar-refractivity contribution in [1.82, 2.24) is 4.98 Å². The summed E-state index contributed by atoms with van der Waals surface area (Å²) in [6.45, 7) is 2.45. The number of rotatable bonds is 4. The van der Waals surface area contributed by atoms with Crippen LogP contribution in [-0.2, 0) is 6.42 Å². The van der Waals surface area contributed by atoms with Gasteiger partial charge in [-0.25, -0.2) is 9.37 Å². The van der Waals surface area contributed by atoms with E-state index in [0.29, 0.717) is 17.9 Å². The summed E-state index contributed by atoms with van der Waals surface area (Å²) in [5.74, 6) is -0.200. The lowest BCUT2D eigenvalue weighted by Crippen LogP contribution is -2.04. The average Bonchev–Trinajstić information content (AvgIpc) is 2.70. The second-order valence-electron chi connectivity index (χ2n) is 3.62. The molecule has 0 saturated heterocycles. The fourth-order valence-corrected chi connectivity index (χ4v) is 3.43. The minimum atomic E-state index is -0.200. The first kappa shape index (κ1) is 12.5. The zero-order chi connectivity index (χ0) is 12.3. The molecule has 17 heavy (non-hydrogen) atoms. The van der Waals surface area contributed by atoms with Crippen molar-refractivity contribution in [3.63, 3.8) is 0 Å². The second kappa shape index (κ2) is 5.62. The maximum Gasteiger partial charge on any atom is 0.155 e. The molecule has 1 heterocycles. The van der Waals surface area contributed by atoms with Crippen molar-refractivity contribution < 1.29 is 4.39 Å². The Kier molecular flexibility index (Phi) is 4.15. The molecule has 0 aliphatic heterocycles. The highest BCUT2D eigenvalue weighted by Crippen LogP contribution is 2.34. The van der Waals surface area contributed by atoms with Gasteiger partial charge in [0.15, 0.2) is 4.34 Å². The van der Waals surface area contributed by atoms with Gasteiger partial charge in [0.05, 0.1) is 4.90 Å². The highest BCUT2D eigenvalue weighted by atomic mass is 32.2. The first-order valence-electron chi connectivity index (χ1n) is 5.28. The zero-order valence-electron chi connectivity index (χ0n) is 9.44. The van der Waals surface area contributed by atoms with Crippen molar-refractivity contribution in [2.75, 3.05) is 6.54 Å². The van der Waals surface area contributed by atoms with Crippen LogP contribution in [0.3, 0.4) is 0 Å². The van der Waals surface area contributed by atoms with E-state index in [4.69, 9.17) is 5.73 Å². The molecule has 0 bridgehead atoms. The standard InChI is InChI=1S/C12H13FN2S2/c1-8-7-16-12(15-8)17-11-9(5-6-14)3-2-4-10(11)13/h2-4,7H,5-6,14H2,1H3. The predicted octanol–water partition coefficient (Wildman–Crippen LogP) is 3.24. The van der Waals surface area contributed by atoms with Crippen molar-refractivity contribution in [2.45, 2.75) is 22.6 Å². The lowest BCUT2D eigenvalue weighted by atomic mass is 10.1. The van der Waals surface area contributed by atoms with Gasteiger partial charge in [-0.1, -0.05) is 23.9 Å². The van der Waals surface area contributed by atoms with Gasteiger partial charge >= 0.3 is 0 Å². The Morgan fingerprint density at radius 2 is 2.29 bits per heavy atom. The normalized spacial score (nSPS) is 10.8. The number of nitrogens with two attached hydrogens (primary N) is 1. The molecule has 0 spiro atoms. The van der Waals surface area contributed by atoms with E-state index in [1.165, 1.54) is 29.2 Å². The number of aromatic nitrogens is 1. The van der Waals surface area contributed by atoms with Crippen LogP contribution in [0.25, 0.3) is 0 Å². The fourth-order valence-electron chi connectivity index (χ4n) is 1.49. The molecular weight excluding hydrogens is 255 g/mol. The van der Waals surface area contributed by atoms with Crippen molar-refractivity contribution >= 4 is 23.1 Å². The molecule has 0 aliphatic carbocycles. The molecule has 0 amide bonds. The van der Waals surface area contributed by atoms with E-state index < -0.39 is 0 Å². The molecule has 2 rings (SSSR count). The van der Waals surface area contributed by atoms with Gasteiger partial charge < -0.3 is 5.73 Å². The van der Waals surface area contributed by atoms with Gasteiger partial charge in [-0.15, -0.1) is 11.3 Å². The van der Waals surface area contributed by atoms with E-state index in [-0.39, 0.29) is 5.82 Å². The summed E-state index contributed by atoms with van der Waals surface area (Å²) in [6.07, 6.45) is 0.685. The molecule has 2 nitrogen and oxygen atoms in total. The van der Waals surface area contributed by atoms with E-state index in [9.17, 15) is 4.39 Å². The zero-order valence-corrected chi connectivity index (χ0v) is 11.1. The number of aryl methyl sites for hydroxylation is 1. The van der Waals surface area contributed by atoms with Crippen molar-refractivity contribution in [3.8, 4) is 0 Å². The van der Waals surface area contributed by atoms with Crippen LogP contribution in [0.2, 0.25) is 0 Å². The summed E-state index contributed by atoms with van der Waals surface area (Å²) < 4.78 is 14.6. The summed E-state index contributed by atoms with van der Waals surface area (Å²) in [5, 5.41) is 1.96. The Morgan fingerprint density at radius 3 is 2.94 bits per heavy atom. The Balaban J connectivity index is 2.30. The number of benzene rings is 1. The molecular formula is C12H13FN2S2. The maximum absolute atomic E-state index is 13.8. The molecule has 2 N–H and O–H groups in total. The van der Waals surface area contributed by atoms with Crippen LogP contribution >= 0.6 is 23.1 Å². The lowest BCUT2D eigenvalue weighted by molar-refractivity contribution is 0.597. The lowest BCUT2D eigenvalue weighted by Gasteiger charge is -2.07. The van der Waals surface area contributed by atoms with Gasteiger partial charge in [-0.3, -0.25) is 0 Å². The fraction of sp³-hybridized carbons (Fsp3) is 0.250. The summed E-state index contributed by atoms with van der Waals surface area (Å²) in [6, 6.07) is 5.11. The first-order valence-corrected chi connectivity index (χ1v) is 6.97. The van der Waals surface area contributed by atoms with Crippen molar-refractivity contribution in [1.29, 1.82) is 0 Å². The summed E-state index contributed by atoms with van der Waals surface area (Å²) in [4.78, 5) is 4.98. The highest BCUT2D eigenvalue weighted by molar-refractivity contribution is 8.01. The van der Waals surface area contributed by atoms with Gasteiger partial charge in [0.1, 0.15) is 5.82 Å². The van der Waals surface area contributed by atoms with Crippen LogP contribution in [-0.4, -0.2) is 11.5 Å². The summed E-state index contributed by atoms with van der Waals surface area (Å²) >= 11 is 2.91. The predicted molar refractivity (Wildman–Crippen MR) is 70.1 cm³/mol. The van der Waals surface area contributed by atoms with Crippen LogP contribution in [0, 0.1) is 12.7 Å². The SMILES string of the molecule is Cc1csc(Sc2c(F)cccc2CCN)n1. The van der Waals surface area contributed by atoms with Crippen LogP contribution < -0.4 is 5.73 Å². The maximum atomic E-state index is 13.8. The minimum absolute atomic E-state index is 0.200. The number of hydrogen-bond acceptors (Lipinski definition) is 4. The smallest absolute Gasteiger partial charge is 0.155 e. The Labute approximate surface area is 108 Å². The summed E-state index contributed by atoms with van der Waals surface area (Å²) in [5.41, 5.74) is 7.45. The molecule has 0 aliphatic rings. The van der Waals surface area contributed by atoms with Crippen LogP contribution in [0.4, 0.5) is 4.39 Å². The third-order valence-electron chi connectivity index (χ3n) is 2.25. The van der Waals surface area contributed by atoms with E-state index in [0.717, 1.165) is 15.6 Å². The van der Waals surface area contributed by atoms with E-state index in [1.807, 2.05) is 18.4 Å². The monoisotopic (exact) mass is 268 g/mol. The van der Waals surface area contributed by atoms with Gasteiger partial charge in [0.25, 0.3) is 0 Å². The molecule has 0 radical (unpaired) electrons. The van der Waals surface area contributed by atoms with Gasteiger partial charge in [-0.2, -0.15) is 0 Å². The molecule has 1 aromatic carbocycles. The third kappa shape index (κ3) is 3.06. The number of thiazole rings is 1. The third-order valence-corrected chi connectivity index (χ3v) is 4.47. The summed E-state index contributed by atoms with van der Waals surface area (Å²) in [7, 11) is 0. The molecule has 2 aromatic rings. The Bertz CT molecular complexity index is 511. The average molecular weight is 268 g/mol. The van der Waals surface area contributed by atoms with Crippen LogP contribution in [0.5, 0.6) is 0 Å². The minimum Gasteiger partial charge on any atom is -0.330 e. The molecule has 0 atom stereocenters. The molecule has 90 valence electrons. The first-order chi connectivity index (χ1) is 8.20.